The third-order valence-electron chi connectivity index (χ3n) is 2.01. The predicted molar refractivity (Wildman–Crippen MR) is 65.5 cm³/mol. The molecule has 0 aliphatic carbocycles. The molecule has 0 saturated carbocycles. The standard InChI is InChI=1S/C9H10IN3S/c1-7-9(14-6-11-7)2-3-13-5-8(10)4-12-13/h4-6H,2-3H2,1H3. The first kappa shape index (κ1) is 10.1. The minimum absolute atomic E-state index is 0.937. The van der Waals surface area contributed by atoms with Gasteiger partial charge in [-0.2, -0.15) is 5.10 Å². The van der Waals surface area contributed by atoms with Gasteiger partial charge in [-0.1, -0.05) is 0 Å². The van der Waals surface area contributed by atoms with Crippen molar-refractivity contribution in [2.24, 2.45) is 0 Å². The van der Waals surface area contributed by atoms with Gasteiger partial charge in [0.15, 0.2) is 0 Å². The van der Waals surface area contributed by atoms with Crippen molar-refractivity contribution in [3.8, 4) is 0 Å². The summed E-state index contributed by atoms with van der Waals surface area (Å²) in [6.07, 6.45) is 4.95. The fourth-order valence-corrected chi connectivity index (χ4v) is 2.46. The van der Waals surface area contributed by atoms with E-state index in [1.54, 1.807) is 11.3 Å². The van der Waals surface area contributed by atoms with Crippen molar-refractivity contribution in [2.45, 2.75) is 19.9 Å². The lowest BCUT2D eigenvalue weighted by molar-refractivity contribution is 0.616. The minimum atomic E-state index is 0.937. The third-order valence-corrected chi connectivity index (χ3v) is 3.57. The zero-order chi connectivity index (χ0) is 9.97. The van der Waals surface area contributed by atoms with Crippen molar-refractivity contribution in [3.63, 3.8) is 0 Å². The largest absolute Gasteiger partial charge is 0.271 e. The Morgan fingerprint density at radius 1 is 1.57 bits per heavy atom. The van der Waals surface area contributed by atoms with Crippen molar-refractivity contribution in [3.05, 3.63) is 32.0 Å². The van der Waals surface area contributed by atoms with Gasteiger partial charge in [-0.3, -0.25) is 4.68 Å². The van der Waals surface area contributed by atoms with Crippen LogP contribution in [0.3, 0.4) is 0 Å². The van der Waals surface area contributed by atoms with Crippen molar-refractivity contribution >= 4 is 33.9 Å². The van der Waals surface area contributed by atoms with Crippen molar-refractivity contribution in [1.29, 1.82) is 0 Å². The minimum Gasteiger partial charge on any atom is -0.271 e. The Balaban J connectivity index is 1.98. The normalized spacial score (nSPS) is 10.7. The number of aromatic nitrogens is 3. The first-order valence-electron chi connectivity index (χ1n) is 4.32. The number of thiazole rings is 1. The van der Waals surface area contributed by atoms with Gasteiger partial charge in [-0.25, -0.2) is 4.98 Å². The van der Waals surface area contributed by atoms with Crippen LogP contribution in [0.4, 0.5) is 0 Å². The van der Waals surface area contributed by atoms with Crippen LogP contribution < -0.4 is 0 Å². The van der Waals surface area contributed by atoms with Crippen LogP contribution in [0.5, 0.6) is 0 Å². The summed E-state index contributed by atoms with van der Waals surface area (Å²) in [5, 5.41) is 4.24. The molecule has 14 heavy (non-hydrogen) atoms. The second kappa shape index (κ2) is 4.39. The average Bonchev–Trinajstić information content (AvgIpc) is 2.72. The molecule has 2 rings (SSSR count). The van der Waals surface area contributed by atoms with Crippen molar-refractivity contribution in [2.75, 3.05) is 0 Å². The molecule has 0 fully saturated rings. The highest BCUT2D eigenvalue weighted by Gasteiger charge is 2.02. The Bertz CT molecular complexity index is 421. The van der Waals surface area contributed by atoms with Crippen LogP contribution in [0.25, 0.3) is 0 Å². The fourth-order valence-electron chi connectivity index (χ4n) is 1.24. The fraction of sp³-hybridized carbons (Fsp3) is 0.333. The van der Waals surface area contributed by atoms with Crippen LogP contribution in [0, 0.1) is 10.5 Å². The topological polar surface area (TPSA) is 30.7 Å². The highest BCUT2D eigenvalue weighted by atomic mass is 127. The van der Waals surface area contributed by atoms with Crippen LogP contribution in [0.15, 0.2) is 17.9 Å². The molecular formula is C9H10IN3S. The van der Waals surface area contributed by atoms with Crippen LogP contribution in [0.1, 0.15) is 10.6 Å². The summed E-state index contributed by atoms with van der Waals surface area (Å²) < 4.78 is 3.16. The molecule has 0 aliphatic heterocycles. The van der Waals surface area contributed by atoms with E-state index in [2.05, 4.69) is 45.8 Å². The highest BCUT2D eigenvalue weighted by molar-refractivity contribution is 14.1. The number of rotatable bonds is 3. The number of halogens is 1. The SMILES string of the molecule is Cc1ncsc1CCn1cc(I)cn1. The predicted octanol–water partition coefficient (Wildman–Crippen LogP) is 2.50. The smallest absolute Gasteiger partial charge is 0.0797 e. The van der Waals surface area contributed by atoms with E-state index >= 15 is 0 Å². The van der Waals surface area contributed by atoms with Crippen molar-refractivity contribution < 1.29 is 0 Å². The Morgan fingerprint density at radius 3 is 3.00 bits per heavy atom. The van der Waals surface area contributed by atoms with E-state index in [-0.39, 0.29) is 0 Å². The van der Waals surface area contributed by atoms with E-state index in [1.165, 1.54) is 8.45 Å². The van der Waals surface area contributed by atoms with Gasteiger partial charge in [-0.15, -0.1) is 11.3 Å². The van der Waals surface area contributed by atoms with Gasteiger partial charge in [0.2, 0.25) is 0 Å². The van der Waals surface area contributed by atoms with Gasteiger partial charge in [-0.05, 0) is 29.5 Å². The summed E-state index contributed by atoms with van der Waals surface area (Å²) in [6.45, 7) is 2.99. The molecule has 0 N–H and O–H groups in total. The van der Waals surface area contributed by atoms with Crippen molar-refractivity contribution in [1.82, 2.24) is 14.8 Å². The zero-order valence-electron chi connectivity index (χ0n) is 7.77. The molecule has 74 valence electrons. The van der Waals surface area contributed by atoms with Gasteiger partial charge in [0.1, 0.15) is 0 Å². The highest BCUT2D eigenvalue weighted by Crippen LogP contribution is 2.13. The Labute approximate surface area is 100 Å². The molecule has 0 aliphatic rings. The van der Waals surface area contributed by atoms with Crippen LogP contribution in [0.2, 0.25) is 0 Å². The first-order valence-corrected chi connectivity index (χ1v) is 6.28. The van der Waals surface area contributed by atoms with Crippen LogP contribution in [-0.2, 0) is 13.0 Å². The van der Waals surface area contributed by atoms with Crippen LogP contribution >= 0.6 is 33.9 Å². The van der Waals surface area contributed by atoms with Gasteiger partial charge in [0, 0.05) is 24.0 Å². The van der Waals surface area contributed by atoms with E-state index in [0.29, 0.717) is 0 Å². The molecular weight excluding hydrogens is 309 g/mol. The number of hydrogen-bond acceptors (Lipinski definition) is 3. The monoisotopic (exact) mass is 319 g/mol. The lowest BCUT2D eigenvalue weighted by Gasteiger charge is -1.99. The van der Waals surface area contributed by atoms with E-state index in [4.69, 9.17) is 0 Å². The van der Waals surface area contributed by atoms with Crippen LogP contribution in [-0.4, -0.2) is 14.8 Å². The summed E-state index contributed by atoms with van der Waals surface area (Å²) in [5.74, 6) is 0. The number of aryl methyl sites for hydroxylation is 3. The molecule has 0 bridgehead atoms. The number of hydrogen-bond donors (Lipinski definition) is 0. The molecule has 0 spiro atoms. The third kappa shape index (κ3) is 2.33. The molecule has 2 heterocycles. The summed E-state index contributed by atoms with van der Waals surface area (Å²) in [5.41, 5.74) is 3.05. The lowest BCUT2D eigenvalue weighted by Crippen LogP contribution is -2.01. The van der Waals surface area contributed by atoms with E-state index in [1.807, 2.05) is 16.4 Å². The molecule has 0 amide bonds. The van der Waals surface area contributed by atoms with E-state index in [0.717, 1.165) is 18.7 Å². The summed E-state index contributed by atoms with van der Waals surface area (Å²) in [6, 6.07) is 0. The first-order chi connectivity index (χ1) is 6.75. The van der Waals surface area contributed by atoms with Gasteiger partial charge < -0.3 is 0 Å². The molecule has 3 nitrogen and oxygen atoms in total. The molecule has 2 aromatic rings. The Hall–Kier alpha value is -0.430. The summed E-state index contributed by atoms with van der Waals surface area (Å²) in [7, 11) is 0. The van der Waals surface area contributed by atoms with E-state index < -0.39 is 0 Å². The molecule has 0 saturated heterocycles. The lowest BCUT2D eigenvalue weighted by atomic mass is 10.3. The second-order valence-corrected chi connectivity index (χ2v) is 5.22. The Kier molecular flexibility index (Phi) is 3.17. The maximum absolute atomic E-state index is 4.24. The quantitative estimate of drug-likeness (QED) is 0.814. The van der Waals surface area contributed by atoms with Gasteiger partial charge in [0.05, 0.1) is 21.0 Å². The maximum atomic E-state index is 4.24. The van der Waals surface area contributed by atoms with E-state index in [9.17, 15) is 0 Å². The Morgan fingerprint density at radius 2 is 2.43 bits per heavy atom. The molecule has 0 atom stereocenters. The molecule has 2 aromatic heterocycles. The van der Waals surface area contributed by atoms with Gasteiger partial charge >= 0.3 is 0 Å². The molecule has 0 unspecified atom stereocenters. The summed E-state index contributed by atoms with van der Waals surface area (Å²) in [4.78, 5) is 5.58. The average molecular weight is 319 g/mol. The second-order valence-electron chi connectivity index (χ2n) is 3.03. The van der Waals surface area contributed by atoms with Gasteiger partial charge in [0.25, 0.3) is 0 Å². The zero-order valence-corrected chi connectivity index (χ0v) is 10.7. The molecule has 5 heteroatoms. The maximum Gasteiger partial charge on any atom is 0.0797 e. The molecule has 0 radical (unpaired) electrons. The molecule has 0 aromatic carbocycles. The summed E-state index contributed by atoms with van der Waals surface area (Å²) >= 11 is 3.99. The number of nitrogens with zero attached hydrogens (tertiary/aromatic N) is 3.